The van der Waals surface area contributed by atoms with Gasteiger partial charge in [0.2, 0.25) is 11.8 Å². The molecule has 0 fully saturated rings. The van der Waals surface area contributed by atoms with Gasteiger partial charge in [0.25, 0.3) is 0 Å². The second-order valence-electron chi connectivity index (χ2n) is 5.98. The third-order valence-electron chi connectivity index (χ3n) is 3.91. The zero-order valence-electron chi connectivity index (χ0n) is 14.4. The Bertz CT molecular complexity index is 725. The number of nitrogens with zero attached hydrogens (tertiary/aromatic N) is 1. The summed E-state index contributed by atoms with van der Waals surface area (Å²) in [5.41, 5.74) is 8.49. The molecule has 6 heteroatoms. The van der Waals surface area contributed by atoms with Crippen LogP contribution in [0.3, 0.4) is 0 Å². The van der Waals surface area contributed by atoms with Crippen molar-refractivity contribution in [2.75, 3.05) is 30.9 Å². The van der Waals surface area contributed by atoms with E-state index in [2.05, 4.69) is 5.32 Å². The Morgan fingerprint density at radius 1 is 1.08 bits per heavy atom. The zero-order chi connectivity index (χ0) is 18.4. The molecule has 0 aromatic heterocycles. The van der Waals surface area contributed by atoms with Crippen molar-refractivity contribution in [1.29, 1.82) is 0 Å². The molecular formula is C19H23N3O3. The van der Waals surface area contributed by atoms with Crippen LogP contribution in [-0.4, -0.2) is 37.6 Å². The summed E-state index contributed by atoms with van der Waals surface area (Å²) in [7, 11) is 3.86. The van der Waals surface area contributed by atoms with Crippen molar-refractivity contribution in [3.63, 3.8) is 0 Å². The average molecular weight is 341 g/mol. The van der Waals surface area contributed by atoms with Crippen LogP contribution < -0.4 is 16.0 Å². The smallest absolute Gasteiger partial charge is 0.241 e. The number of rotatable bonds is 7. The minimum Gasteiger partial charge on any atom is -0.396 e. The highest BCUT2D eigenvalue weighted by Gasteiger charge is 2.26. The van der Waals surface area contributed by atoms with E-state index in [-0.39, 0.29) is 6.61 Å². The summed E-state index contributed by atoms with van der Waals surface area (Å²) in [5, 5.41) is 11.7. The van der Waals surface area contributed by atoms with Crippen molar-refractivity contribution in [3.05, 3.63) is 59.7 Å². The third kappa shape index (κ3) is 4.81. The lowest BCUT2D eigenvalue weighted by Crippen LogP contribution is -2.32. The molecule has 0 aliphatic heterocycles. The SMILES string of the molecule is CN(C)c1ccc(NC(=O)[C@H](C(N)=O)c2ccc(CCO)cc2)cc1. The van der Waals surface area contributed by atoms with Crippen LogP contribution in [0.4, 0.5) is 11.4 Å². The second-order valence-corrected chi connectivity index (χ2v) is 5.98. The number of hydrogen-bond acceptors (Lipinski definition) is 4. The first-order valence-corrected chi connectivity index (χ1v) is 7.99. The van der Waals surface area contributed by atoms with Gasteiger partial charge in [-0.1, -0.05) is 24.3 Å². The van der Waals surface area contributed by atoms with Crippen molar-refractivity contribution < 1.29 is 14.7 Å². The van der Waals surface area contributed by atoms with E-state index in [1.807, 2.05) is 31.1 Å². The first-order valence-electron chi connectivity index (χ1n) is 7.99. The van der Waals surface area contributed by atoms with Crippen LogP contribution in [0, 0.1) is 0 Å². The molecular weight excluding hydrogens is 318 g/mol. The summed E-state index contributed by atoms with van der Waals surface area (Å²) in [4.78, 5) is 26.3. The fraction of sp³-hybridized carbons (Fsp3) is 0.263. The molecule has 0 saturated heterocycles. The van der Waals surface area contributed by atoms with E-state index < -0.39 is 17.7 Å². The van der Waals surface area contributed by atoms with Gasteiger partial charge >= 0.3 is 0 Å². The molecule has 132 valence electrons. The Labute approximate surface area is 147 Å². The van der Waals surface area contributed by atoms with Gasteiger partial charge in [0.05, 0.1) is 0 Å². The van der Waals surface area contributed by atoms with Gasteiger partial charge < -0.3 is 21.1 Å². The first kappa shape index (κ1) is 18.5. The van der Waals surface area contributed by atoms with Crippen molar-refractivity contribution in [2.45, 2.75) is 12.3 Å². The summed E-state index contributed by atoms with van der Waals surface area (Å²) >= 11 is 0. The Kier molecular flexibility index (Phi) is 6.14. The molecule has 0 aliphatic rings. The van der Waals surface area contributed by atoms with Gasteiger partial charge in [-0.05, 0) is 41.8 Å². The predicted molar refractivity (Wildman–Crippen MR) is 98.6 cm³/mol. The number of nitrogens with one attached hydrogen (secondary N) is 1. The average Bonchev–Trinajstić information content (AvgIpc) is 2.57. The highest BCUT2D eigenvalue weighted by molar-refractivity contribution is 6.10. The van der Waals surface area contributed by atoms with Crippen molar-refractivity contribution in [1.82, 2.24) is 0 Å². The number of amides is 2. The molecule has 0 spiro atoms. The Hall–Kier alpha value is -2.86. The van der Waals surface area contributed by atoms with Crippen LogP contribution in [0.25, 0.3) is 0 Å². The standard InChI is InChI=1S/C19H23N3O3/c1-22(2)16-9-7-15(8-10-16)21-19(25)17(18(20)24)14-5-3-13(4-6-14)11-12-23/h3-10,17,23H,11-12H2,1-2H3,(H2,20,24)(H,21,25)/t17-/m0/s1. The van der Waals surface area contributed by atoms with Crippen LogP contribution in [0.15, 0.2) is 48.5 Å². The lowest BCUT2D eigenvalue weighted by Gasteiger charge is -2.16. The maximum atomic E-state index is 12.5. The predicted octanol–water partition coefficient (Wildman–Crippen LogP) is 1.49. The summed E-state index contributed by atoms with van der Waals surface area (Å²) in [6.45, 7) is 0.0437. The Balaban J connectivity index is 2.16. The van der Waals surface area contributed by atoms with Crippen LogP contribution in [0.5, 0.6) is 0 Å². The molecule has 0 radical (unpaired) electrons. The molecule has 0 heterocycles. The Morgan fingerprint density at radius 3 is 2.16 bits per heavy atom. The van der Waals surface area contributed by atoms with E-state index in [9.17, 15) is 9.59 Å². The van der Waals surface area contributed by atoms with E-state index >= 15 is 0 Å². The van der Waals surface area contributed by atoms with Crippen LogP contribution in [-0.2, 0) is 16.0 Å². The molecule has 0 saturated carbocycles. The lowest BCUT2D eigenvalue weighted by molar-refractivity contribution is -0.127. The van der Waals surface area contributed by atoms with Crippen molar-refractivity contribution >= 4 is 23.2 Å². The quantitative estimate of drug-likeness (QED) is 0.665. The molecule has 1 atom stereocenters. The van der Waals surface area contributed by atoms with E-state index in [1.54, 1.807) is 36.4 Å². The monoisotopic (exact) mass is 341 g/mol. The van der Waals surface area contributed by atoms with Gasteiger partial charge in [0.15, 0.2) is 0 Å². The lowest BCUT2D eigenvalue weighted by atomic mass is 9.96. The van der Waals surface area contributed by atoms with Gasteiger partial charge in [-0.2, -0.15) is 0 Å². The topological polar surface area (TPSA) is 95.7 Å². The molecule has 0 aliphatic carbocycles. The van der Waals surface area contributed by atoms with E-state index in [1.165, 1.54) is 0 Å². The molecule has 4 N–H and O–H groups in total. The number of aliphatic hydroxyl groups excluding tert-OH is 1. The minimum atomic E-state index is -1.07. The normalized spacial score (nSPS) is 11.6. The number of carbonyl (C=O) groups excluding carboxylic acids is 2. The molecule has 0 bridgehead atoms. The molecule has 2 aromatic rings. The number of anilines is 2. The van der Waals surface area contributed by atoms with Crippen molar-refractivity contribution in [3.8, 4) is 0 Å². The van der Waals surface area contributed by atoms with Gasteiger partial charge in [0.1, 0.15) is 5.92 Å². The van der Waals surface area contributed by atoms with E-state index in [0.717, 1.165) is 11.3 Å². The molecule has 2 aromatic carbocycles. The summed E-state index contributed by atoms with van der Waals surface area (Å²) in [6, 6.07) is 14.2. The van der Waals surface area contributed by atoms with Crippen LogP contribution >= 0.6 is 0 Å². The fourth-order valence-electron chi connectivity index (χ4n) is 2.51. The van der Waals surface area contributed by atoms with Crippen molar-refractivity contribution in [2.24, 2.45) is 5.73 Å². The van der Waals surface area contributed by atoms with Gasteiger partial charge in [-0.3, -0.25) is 9.59 Å². The number of aliphatic hydroxyl groups is 1. The summed E-state index contributed by atoms with van der Waals surface area (Å²) < 4.78 is 0. The molecule has 2 rings (SSSR count). The van der Waals surface area contributed by atoms with Crippen LogP contribution in [0.1, 0.15) is 17.0 Å². The number of benzene rings is 2. The highest BCUT2D eigenvalue weighted by atomic mass is 16.3. The maximum absolute atomic E-state index is 12.5. The summed E-state index contributed by atoms with van der Waals surface area (Å²) in [6.07, 6.45) is 0.520. The molecule has 2 amide bonds. The number of hydrogen-bond donors (Lipinski definition) is 3. The van der Waals surface area contributed by atoms with Crippen LogP contribution in [0.2, 0.25) is 0 Å². The number of primary amides is 1. The van der Waals surface area contributed by atoms with Gasteiger partial charge in [-0.15, -0.1) is 0 Å². The Morgan fingerprint density at radius 2 is 1.68 bits per heavy atom. The number of nitrogens with two attached hydrogens (primary N) is 1. The molecule has 6 nitrogen and oxygen atoms in total. The second kappa shape index (κ2) is 8.30. The van der Waals surface area contributed by atoms with Gasteiger partial charge in [-0.25, -0.2) is 0 Å². The van der Waals surface area contributed by atoms with E-state index in [0.29, 0.717) is 17.7 Å². The van der Waals surface area contributed by atoms with E-state index in [4.69, 9.17) is 10.8 Å². The summed E-state index contributed by atoms with van der Waals surface area (Å²) in [5.74, 6) is -2.26. The zero-order valence-corrected chi connectivity index (χ0v) is 14.4. The highest BCUT2D eigenvalue weighted by Crippen LogP contribution is 2.21. The fourth-order valence-corrected chi connectivity index (χ4v) is 2.51. The molecule has 0 unspecified atom stereocenters. The minimum absolute atomic E-state index is 0.0437. The molecule has 25 heavy (non-hydrogen) atoms. The third-order valence-corrected chi connectivity index (χ3v) is 3.91. The number of carbonyl (C=O) groups is 2. The largest absolute Gasteiger partial charge is 0.396 e. The maximum Gasteiger partial charge on any atom is 0.241 e. The first-order chi connectivity index (χ1) is 11.9. The van der Waals surface area contributed by atoms with Gasteiger partial charge in [0, 0.05) is 32.1 Å².